The van der Waals surface area contributed by atoms with Gasteiger partial charge in [0.25, 0.3) is 0 Å². The molecule has 5 heteroatoms. The van der Waals surface area contributed by atoms with Crippen molar-refractivity contribution in [2.24, 2.45) is 5.84 Å². The van der Waals surface area contributed by atoms with E-state index in [2.05, 4.69) is 10.4 Å². The third-order valence-electron chi connectivity index (χ3n) is 2.36. The van der Waals surface area contributed by atoms with Gasteiger partial charge in [-0.15, -0.1) is 0 Å². The minimum Gasteiger partial charge on any atom is -0.496 e. The van der Waals surface area contributed by atoms with Crippen molar-refractivity contribution >= 4 is 5.69 Å². The summed E-state index contributed by atoms with van der Waals surface area (Å²) in [6.07, 6.45) is 1.59. The van der Waals surface area contributed by atoms with Crippen LogP contribution in [0.2, 0.25) is 0 Å². The van der Waals surface area contributed by atoms with Crippen molar-refractivity contribution in [2.45, 2.75) is 0 Å². The van der Waals surface area contributed by atoms with Crippen molar-refractivity contribution in [2.75, 3.05) is 12.5 Å². The monoisotopic (exact) mass is 233 g/mol. The number of rotatable bonds is 3. The summed E-state index contributed by atoms with van der Waals surface area (Å²) < 4.78 is 18.4. The van der Waals surface area contributed by atoms with E-state index >= 15 is 0 Å². The maximum atomic E-state index is 13.2. The fourth-order valence-electron chi connectivity index (χ4n) is 1.55. The highest BCUT2D eigenvalue weighted by atomic mass is 19.1. The number of methoxy groups -OCH3 is 1. The number of halogens is 1. The smallest absolute Gasteiger partial charge is 0.128 e. The molecule has 0 aliphatic rings. The molecule has 0 saturated carbocycles. The molecular formula is C12H12FN3O. The van der Waals surface area contributed by atoms with E-state index in [1.165, 1.54) is 19.2 Å². The lowest BCUT2D eigenvalue weighted by molar-refractivity contribution is 0.415. The number of nitrogen functional groups attached to an aromatic ring is 1. The minimum absolute atomic E-state index is 0.339. The molecule has 17 heavy (non-hydrogen) atoms. The van der Waals surface area contributed by atoms with E-state index in [1.54, 1.807) is 24.4 Å². The molecule has 0 unspecified atom stereocenters. The van der Waals surface area contributed by atoms with Crippen LogP contribution in [0.15, 0.2) is 36.5 Å². The molecule has 1 aromatic heterocycles. The molecule has 0 aliphatic carbocycles. The summed E-state index contributed by atoms with van der Waals surface area (Å²) in [5.41, 5.74) is 4.39. The number of benzene rings is 1. The molecule has 0 aliphatic heterocycles. The number of hydrogen-bond acceptors (Lipinski definition) is 4. The first kappa shape index (κ1) is 11.3. The number of aromatic nitrogens is 1. The molecule has 2 rings (SSSR count). The molecule has 0 fully saturated rings. The highest BCUT2D eigenvalue weighted by Crippen LogP contribution is 2.30. The molecule has 1 heterocycles. The third kappa shape index (κ3) is 2.34. The molecule has 0 bridgehead atoms. The molecule has 4 nitrogen and oxygen atoms in total. The first-order valence-electron chi connectivity index (χ1n) is 5.01. The summed E-state index contributed by atoms with van der Waals surface area (Å²) in [5, 5.41) is 0. The molecule has 0 radical (unpaired) electrons. The van der Waals surface area contributed by atoms with E-state index in [0.717, 1.165) is 0 Å². The van der Waals surface area contributed by atoms with E-state index < -0.39 is 0 Å². The van der Waals surface area contributed by atoms with Gasteiger partial charge in [-0.25, -0.2) is 4.39 Å². The Labute approximate surface area is 98.2 Å². The standard InChI is InChI=1S/C12H12FN3O/c1-17-12-3-2-8(13)6-10(12)11-7-9(16-14)4-5-15-11/h2-7H,14H2,1H3,(H,15,16). The second-order valence-electron chi connectivity index (χ2n) is 3.42. The Morgan fingerprint density at radius 2 is 2.12 bits per heavy atom. The number of nitrogens with one attached hydrogen (secondary N) is 1. The topological polar surface area (TPSA) is 60.2 Å². The lowest BCUT2D eigenvalue weighted by Crippen LogP contribution is -2.06. The number of nitrogens with two attached hydrogens (primary N) is 1. The van der Waals surface area contributed by atoms with Crippen molar-refractivity contribution in [1.82, 2.24) is 4.98 Å². The summed E-state index contributed by atoms with van der Waals surface area (Å²) >= 11 is 0. The van der Waals surface area contributed by atoms with Crippen molar-refractivity contribution in [3.05, 3.63) is 42.3 Å². The van der Waals surface area contributed by atoms with Crippen LogP contribution in [0, 0.1) is 5.82 Å². The van der Waals surface area contributed by atoms with Gasteiger partial charge in [0.15, 0.2) is 0 Å². The first-order chi connectivity index (χ1) is 8.24. The lowest BCUT2D eigenvalue weighted by atomic mass is 10.1. The van der Waals surface area contributed by atoms with Crippen LogP contribution in [-0.4, -0.2) is 12.1 Å². The predicted molar refractivity (Wildman–Crippen MR) is 64.0 cm³/mol. The molecule has 2 aromatic rings. The summed E-state index contributed by atoms with van der Waals surface area (Å²) in [6.45, 7) is 0. The average Bonchev–Trinajstić information content (AvgIpc) is 2.39. The van der Waals surface area contributed by atoms with E-state index in [4.69, 9.17) is 10.6 Å². The molecule has 0 amide bonds. The highest BCUT2D eigenvalue weighted by molar-refractivity contribution is 5.69. The van der Waals surface area contributed by atoms with Crippen LogP contribution >= 0.6 is 0 Å². The van der Waals surface area contributed by atoms with E-state index in [1.807, 2.05) is 0 Å². The Bertz CT molecular complexity index is 531. The quantitative estimate of drug-likeness (QED) is 0.630. The number of nitrogens with zero attached hydrogens (tertiary/aromatic N) is 1. The van der Waals surface area contributed by atoms with Crippen LogP contribution < -0.4 is 16.0 Å². The van der Waals surface area contributed by atoms with Crippen LogP contribution in [0.25, 0.3) is 11.3 Å². The second kappa shape index (κ2) is 4.80. The van der Waals surface area contributed by atoms with Crippen LogP contribution in [-0.2, 0) is 0 Å². The van der Waals surface area contributed by atoms with Gasteiger partial charge in [0.2, 0.25) is 0 Å². The fourth-order valence-corrected chi connectivity index (χ4v) is 1.55. The maximum absolute atomic E-state index is 13.2. The van der Waals surface area contributed by atoms with E-state index in [9.17, 15) is 4.39 Å². The Balaban J connectivity index is 2.54. The zero-order chi connectivity index (χ0) is 12.3. The number of pyridine rings is 1. The van der Waals surface area contributed by atoms with Gasteiger partial charge >= 0.3 is 0 Å². The number of ether oxygens (including phenoxy) is 1. The third-order valence-corrected chi connectivity index (χ3v) is 2.36. The summed E-state index contributed by atoms with van der Waals surface area (Å²) in [4.78, 5) is 4.17. The maximum Gasteiger partial charge on any atom is 0.128 e. The van der Waals surface area contributed by atoms with Gasteiger partial charge in [-0.05, 0) is 30.3 Å². The molecule has 0 spiro atoms. The molecule has 3 N–H and O–H groups in total. The zero-order valence-corrected chi connectivity index (χ0v) is 9.27. The van der Waals surface area contributed by atoms with Gasteiger partial charge in [-0.2, -0.15) is 0 Å². The summed E-state index contributed by atoms with van der Waals surface area (Å²) in [5.74, 6) is 5.54. The van der Waals surface area contributed by atoms with Gasteiger partial charge in [-0.3, -0.25) is 10.8 Å². The Morgan fingerprint density at radius 1 is 1.29 bits per heavy atom. The molecule has 1 aromatic carbocycles. The normalized spacial score (nSPS) is 10.1. The first-order valence-corrected chi connectivity index (χ1v) is 5.01. The van der Waals surface area contributed by atoms with Crippen molar-refractivity contribution in [3.8, 4) is 17.0 Å². The largest absolute Gasteiger partial charge is 0.496 e. The van der Waals surface area contributed by atoms with Crippen molar-refractivity contribution in [3.63, 3.8) is 0 Å². The van der Waals surface area contributed by atoms with Crippen molar-refractivity contribution in [1.29, 1.82) is 0 Å². The molecule has 88 valence electrons. The lowest BCUT2D eigenvalue weighted by Gasteiger charge is -2.09. The Hall–Kier alpha value is -2.14. The second-order valence-corrected chi connectivity index (χ2v) is 3.42. The zero-order valence-electron chi connectivity index (χ0n) is 9.27. The van der Waals surface area contributed by atoms with Gasteiger partial charge in [0.1, 0.15) is 11.6 Å². The Kier molecular flexibility index (Phi) is 3.20. The molecular weight excluding hydrogens is 221 g/mol. The number of hydrazine groups is 1. The van der Waals surface area contributed by atoms with E-state index in [0.29, 0.717) is 22.7 Å². The van der Waals surface area contributed by atoms with Gasteiger partial charge in [0, 0.05) is 11.8 Å². The predicted octanol–water partition coefficient (Wildman–Crippen LogP) is 2.18. The summed E-state index contributed by atoms with van der Waals surface area (Å²) in [7, 11) is 1.53. The van der Waals surface area contributed by atoms with Crippen LogP contribution in [0.3, 0.4) is 0 Å². The molecule has 0 atom stereocenters. The highest BCUT2D eigenvalue weighted by Gasteiger charge is 2.08. The SMILES string of the molecule is COc1ccc(F)cc1-c1cc(NN)ccn1. The minimum atomic E-state index is -0.339. The average molecular weight is 233 g/mol. The molecule has 0 saturated heterocycles. The van der Waals surface area contributed by atoms with E-state index in [-0.39, 0.29) is 5.82 Å². The summed E-state index contributed by atoms with van der Waals surface area (Å²) in [6, 6.07) is 7.72. The Morgan fingerprint density at radius 3 is 2.82 bits per heavy atom. The van der Waals surface area contributed by atoms with Gasteiger partial charge < -0.3 is 10.2 Å². The van der Waals surface area contributed by atoms with Crippen LogP contribution in [0.1, 0.15) is 0 Å². The van der Waals surface area contributed by atoms with Crippen LogP contribution in [0.4, 0.5) is 10.1 Å². The number of anilines is 1. The van der Waals surface area contributed by atoms with Gasteiger partial charge in [-0.1, -0.05) is 0 Å². The van der Waals surface area contributed by atoms with Gasteiger partial charge in [0.05, 0.1) is 18.5 Å². The van der Waals surface area contributed by atoms with Crippen molar-refractivity contribution < 1.29 is 9.13 Å². The number of hydrogen-bond donors (Lipinski definition) is 2. The van der Waals surface area contributed by atoms with Crippen LogP contribution in [0.5, 0.6) is 5.75 Å². The fraction of sp³-hybridized carbons (Fsp3) is 0.0833.